The predicted molar refractivity (Wildman–Crippen MR) is 107 cm³/mol. The van der Waals surface area contributed by atoms with Crippen molar-refractivity contribution in [2.45, 2.75) is 6.92 Å². The smallest absolute Gasteiger partial charge is 0.311 e. The summed E-state index contributed by atoms with van der Waals surface area (Å²) in [4.78, 5) is 21.8. The monoisotopic (exact) mass is 375 g/mol. The minimum Gasteiger partial charge on any atom is -0.334 e. The number of fused-ring (bicyclic) bond motifs is 1. The van der Waals surface area contributed by atoms with E-state index < -0.39 is 4.92 Å². The Bertz CT molecular complexity index is 1130. The van der Waals surface area contributed by atoms with E-state index in [0.29, 0.717) is 18.1 Å². The standard InChI is InChI=1S/C19H17N7O2/c1-2-25(17-5-3-4-10-20-17)18-9-8-16(26(27)28)19(23-18)22-14-7-6-13-12-21-24-15(13)11-14/h3-12H,2H2,1H3,(H,21,24)(H,22,23). The number of pyridine rings is 2. The van der Waals surface area contributed by atoms with Crippen LogP contribution in [0.5, 0.6) is 0 Å². The van der Waals surface area contributed by atoms with E-state index >= 15 is 0 Å². The first kappa shape index (κ1) is 17.4. The molecule has 0 spiro atoms. The van der Waals surface area contributed by atoms with E-state index in [0.717, 1.165) is 16.7 Å². The molecule has 28 heavy (non-hydrogen) atoms. The highest BCUT2D eigenvalue weighted by atomic mass is 16.6. The fraction of sp³-hybridized carbons (Fsp3) is 0.105. The van der Waals surface area contributed by atoms with Crippen molar-refractivity contribution in [3.05, 3.63) is 71.0 Å². The quantitative estimate of drug-likeness (QED) is 0.384. The molecule has 140 valence electrons. The van der Waals surface area contributed by atoms with Crippen molar-refractivity contribution in [1.29, 1.82) is 0 Å². The molecule has 2 N–H and O–H groups in total. The molecule has 0 atom stereocenters. The second-order valence-electron chi connectivity index (χ2n) is 6.02. The minimum absolute atomic E-state index is 0.106. The van der Waals surface area contributed by atoms with E-state index in [9.17, 15) is 10.1 Å². The van der Waals surface area contributed by atoms with E-state index in [1.54, 1.807) is 18.5 Å². The average Bonchev–Trinajstić information content (AvgIpc) is 3.17. The molecule has 3 aromatic heterocycles. The Balaban J connectivity index is 1.74. The molecule has 0 fully saturated rings. The molecule has 4 rings (SSSR count). The highest BCUT2D eigenvalue weighted by Crippen LogP contribution is 2.31. The highest BCUT2D eigenvalue weighted by Gasteiger charge is 2.19. The van der Waals surface area contributed by atoms with Gasteiger partial charge in [0.05, 0.1) is 16.6 Å². The van der Waals surface area contributed by atoms with Crippen molar-refractivity contribution >= 4 is 39.7 Å². The summed E-state index contributed by atoms with van der Waals surface area (Å²) >= 11 is 0. The molecule has 0 aliphatic heterocycles. The number of aromatic nitrogens is 4. The average molecular weight is 375 g/mol. The number of nitro groups is 1. The maximum absolute atomic E-state index is 11.5. The van der Waals surface area contributed by atoms with Crippen molar-refractivity contribution in [3.63, 3.8) is 0 Å². The third-order valence-electron chi connectivity index (χ3n) is 4.28. The second-order valence-corrected chi connectivity index (χ2v) is 6.02. The van der Waals surface area contributed by atoms with Crippen molar-refractivity contribution in [3.8, 4) is 0 Å². The Kier molecular flexibility index (Phi) is 4.55. The van der Waals surface area contributed by atoms with Gasteiger partial charge in [-0.2, -0.15) is 5.10 Å². The van der Waals surface area contributed by atoms with E-state index in [2.05, 4.69) is 25.5 Å². The molecule has 0 amide bonds. The molecule has 9 nitrogen and oxygen atoms in total. The molecule has 0 bridgehead atoms. The summed E-state index contributed by atoms with van der Waals surface area (Å²) in [5, 5.41) is 22.4. The van der Waals surface area contributed by atoms with Gasteiger partial charge in [0.25, 0.3) is 0 Å². The Labute approximate surface area is 160 Å². The van der Waals surface area contributed by atoms with E-state index in [4.69, 9.17) is 0 Å². The van der Waals surface area contributed by atoms with Crippen molar-refractivity contribution in [2.75, 3.05) is 16.8 Å². The van der Waals surface area contributed by atoms with E-state index in [-0.39, 0.29) is 11.5 Å². The molecule has 0 saturated heterocycles. The fourth-order valence-electron chi connectivity index (χ4n) is 2.94. The van der Waals surface area contributed by atoms with Crippen molar-refractivity contribution < 1.29 is 4.92 Å². The van der Waals surface area contributed by atoms with Crippen LogP contribution in [0.1, 0.15) is 6.92 Å². The molecule has 0 saturated carbocycles. The molecular weight excluding hydrogens is 358 g/mol. The number of hydrogen-bond donors (Lipinski definition) is 2. The first-order valence-corrected chi connectivity index (χ1v) is 8.70. The lowest BCUT2D eigenvalue weighted by Gasteiger charge is -2.21. The van der Waals surface area contributed by atoms with Crippen LogP contribution >= 0.6 is 0 Å². The third-order valence-corrected chi connectivity index (χ3v) is 4.28. The van der Waals surface area contributed by atoms with Gasteiger partial charge in [0.1, 0.15) is 11.6 Å². The Hall–Kier alpha value is -4.01. The normalized spacial score (nSPS) is 10.8. The summed E-state index contributed by atoms with van der Waals surface area (Å²) in [7, 11) is 0. The molecule has 1 aromatic carbocycles. The third kappa shape index (κ3) is 3.32. The SMILES string of the molecule is CCN(c1ccccn1)c1ccc([N+](=O)[O-])c(Nc2ccc3cn[nH]c3c2)n1. The number of rotatable bonds is 6. The summed E-state index contributed by atoms with van der Waals surface area (Å²) in [5.74, 6) is 1.45. The first-order chi connectivity index (χ1) is 13.7. The van der Waals surface area contributed by atoms with Crippen LogP contribution in [0.3, 0.4) is 0 Å². The van der Waals surface area contributed by atoms with Crippen LogP contribution in [0, 0.1) is 10.1 Å². The second kappa shape index (κ2) is 7.31. The molecule has 0 aliphatic carbocycles. The van der Waals surface area contributed by atoms with Gasteiger partial charge in [-0.25, -0.2) is 9.97 Å². The van der Waals surface area contributed by atoms with Gasteiger partial charge in [-0.05, 0) is 43.3 Å². The topological polar surface area (TPSA) is 113 Å². The van der Waals surface area contributed by atoms with E-state index in [1.807, 2.05) is 48.2 Å². The summed E-state index contributed by atoms with van der Waals surface area (Å²) in [5.41, 5.74) is 1.39. The van der Waals surface area contributed by atoms with Crippen LogP contribution in [0.15, 0.2) is 60.9 Å². The van der Waals surface area contributed by atoms with Gasteiger partial charge < -0.3 is 10.2 Å². The Morgan fingerprint density at radius 2 is 2.07 bits per heavy atom. The van der Waals surface area contributed by atoms with Crippen LogP contribution in [-0.2, 0) is 0 Å². The summed E-state index contributed by atoms with van der Waals surface area (Å²) < 4.78 is 0. The first-order valence-electron chi connectivity index (χ1n) is 8.70. The molecule has 0 unspecified atom stereocenters. The van der Waals surface area contributed by atoms with Crippen molar-refractivity contribution in [2.24, 2.45) is 0 Å². The van der Waals surface area contributed by atoms with Crippen molar-refractivity contribution in [1.82, 2.24) is 20.2 Å². The zero-order valence-electron chi connectivity index (χ0n) is 15.0. The Morgan fingerprint density at radius 1 is 1.18 bits per heavy atom. The summed E-state index contributed by atoms with van der Waals surface area (Å²) in [6.07, 6.45) is 3.41. The van der Waals surface area contributed by atoms with Crippen LogP contribution in [0.25, 0.3) is 10.9 Å². The number of aromatic amines is 1. The van der Waals surface area contributed by atoms with Crippen LogP contribution in [-0.4, -0.2) is 31.6 Å². The van der Waals surface area contributed by atoms with Gasteiger partial charge in [0.2, 0.25) is 5.82 Å². The van der Waals surface area contributed by atoms with Gasteiger partial charge in [0, 0.05) is 29.9 Å². The van der Waals surface area contributed by atoms with Gasteiger partial charge in [0.15, 0.2) is 0 Å². The molecule has 4 aromatic rings. The zero-order chi connectivity index (χ0) is 19.5. The van der Waals surface area contributed by atoms with E-state index in [1.165, 1.54) is 6.07 Å². The number of anilines is 4. The summed E-state index contributed by atoms with van der Waals surface area (Å²) in [6.45, 7) is 2.58. The molecule has 9 heteroatoms. The zero-order valence-corrected chi connectivity index (χ0v) is 15.0. The maximum Gasteiger partial charge on any atom is 0.311 e. The van der Waals surface area contributed by atoms with Gasteiger partial charge in [-0.1, -0.05) is 6.07 Å². The lowest BCUT2D eigenvalue weighted by atomic mass is 10.2. The highest BCUT2D eigenvalue weighted by molar-refractivity contribution is 5.83. The summed E-state index contributed by atoms with van der Waals surface area (Å²) in [6, 6.07) is 14.2. The largest absolute Gasteiger partial charge is 0.334 e. The molecule has 0 aliphatic rings. The Morgan fingerprint density at radius 3 is 2.82 bits per heavy atom. The maximum atomic E-state index is 11.5. The fourth-order valence-corrected chi connectivity index (χ4v) is 2.94. The molecular formula is C19H17N7O2. The number of H-pyrrole nitrogens is 1. The van der Waals surface area contributed by atoms with Crippen LogP contribution in [0.2, 0.25) is 0 Å². The molecule has 0 radical (unpaired) electrons. The van der Waals surface area contributed by atoms with Crippen LogP contribution < -0.4 is 10.2 Å². The number of nitrogens with zero attached hydrogens (tertiary/aromatic N) is 5. The number of hydrogen-bond acceptors (Lipinski definition) is 7. The van der Waals surface area contributed by atoms with Crippen LogP contribution in [0.4, 0.5) is 28.8 Å². The number of benzene rings is 1. The minimum atomic E-state index is -0.453. The molecule has 3 heterocycles. The van der Waals surface area contributed by atoms with Gasteiger partial charge in [-0.15, -0.1) is 0 Å². The van der Waals surface area contributed by atoms with Gasteiger partial charge in [-0.3, -0.25) is 15.2 Å². The number of nitrogens with one attached hydrogen (secondary N) is 2. The lowest BCUT2D eigenvalue weighted by Crippen LogP contribution is -2.19. The predicted octanol–water partition coefficient (Wildman–Crippen LogP) is 4.16. The lowest BCUT2D eigenvalue weighted by molar-refractivity contribution is -0.384. The van der Waals surface area contributed by atoms with Gasteiger partial charge >= 0.3 is 5.69 Å².